The van der Waals surface area contributed by atoms with Crippen LogP contribution < -0.4 is 5.32 Å². The molecule has 0 saturated heterocycles. The number of amides is 1. The first-order valence-corrected chi connectivity index (χ1v) is 7.44. The molecule has 2 aromatic carbocycles. The second kappa shape index (κ2) is 5.74. The molecule has 0 unspecified atom stereocenters. The summed E-state index contributed by atoms with van der Waals surface area (Å²) in [7, 11) is 0. The van der Waals surface area contributed by atoms with Gasteiger partial charge in [-0.2, -0.15) is 0 Å². The SMILES string of the molecule is Cc1ccc(CNC(=O)c2cc3cccc(Br)c3o2)cc1. The van der Waals surface area contributed by atoms with Gasteiger partial charge in [0.05, 0.1) is 4.47 Å². The van der Waals surface area contributed by atoms with E-state index in [-0.39, 0.29) is 5.91 Å². The zero-order chi connectivity index (χ0) is 14.8. The second-order valence-corrected chi connectivity index (χ2v) is 5.79. The predicted octanol–water partition coefficient (Wildman–Crippen LogP) is 4.43. The van der Waals surface area contributed by atoms with E-state index in [9.17, 15) is 4.79 Å². The quantitative estimate of drug-likeness (QED) is 0.764. The summed E-state index contributed by atoms with van der Waals surface area (Å²) in [6.45, 7) is 2.52. The van der Waals surface area contributed by atoms with Crippen molar-refractivity contribution in [3.05, 3.63) is 69.9 Å². The van der Waals surface area contributed by atoms with Gasteiger partial charge >= 0.3 is 0 Å². The maximum Gasteiger partial charge on any atom is 0.287 e. The highest BCUT2D eigenvalue weighted by atomic mass is 79.9. The summed E-state index contributed by atoms with van der Waals surface area (Å²) in [6.07, 6.45) is 0. The maximum atomic E-state index is 12.1. The van der Waals surface area contributed by atoms with Gasteiger partial charge in [0.15, 0.2) is 5.76 Å². The molecule has 1 amide bonds. The van der Waals surface area contributed by atoms with Gasteiger partial charge in [0.25, 0.3) is 5.91 Å². The number of halogens is 1. The Balaban J connectivity index is 1.75. The van der Waals surface area contributed by atoms with Crippen LogP contribution in [-0.2, 0) is 6.54 Å². The summed E-state index contributed by atoms with van der Waals surface area (Å²) in [5.74, 6) is 0.114. The van der Waals surface area contributed by atoms with Crippen LogP contribution in [0, 0.1) is 6.92 Å². The fourth-order valence-corrected chi connectivity index (χ4v) is 2.58. The van der Waals surface area contributed by atoms with E-state index in [4.69, 9.17) is 4.42 Å². The van der Waals surface area contributed by atoms with E-state index in [1.165, 1.54) is 5.56 Å². The third kappa shape index (κ3) is 3.00. The Labute approximate surface area is 131 Å². The molecule has 3 rings (SSSR count). The molecule has 0 aliphatic heterocycles. The summed E-state index contributed by atoms with van der Waals surface area (Å²) in [6, 6.07) is 15.5. The van der Waals surface area contributed by atoms with Crippen LogP contribution in [0.2, 0.25) is 0 Å². The van der Waals surface area contributed by atoms with Crippen LogP contribution in [0.1, 0.15) is 21.7 Å². The van der Waals surface area contributed by atoms with Crippen LogP contribution >= 0.6 is 15.9 Å². The molecule has 1 aromatic heterocycles. The molecule has 3 nitrogen and oxygen atoms in total. The van der Waals surface area contributed by atoms with Gasteiger partial charge in [0, 0.05) is 11.9 Å². The second-order valence-electron chi connectivity index (χ2n) is 4.94. The molecule has 0 saturated carbocycles. The zero-order valence-electron chi connectivity index (χ0n) is 11.5. The number of furan rings is 1. The third-order valence-corrected chi connectivity index (χ3v) is 3.92. The maximum absolute atomic E-state index is 12.1. The molecular weight excluding hydrogens is 330 g/mol. The highest BCUT2D eigenvalue weighted by Crippen LogP contribution is 2.26. The van der Waals surface area contributed by atoms with Crippen molar-refractivity contribution in [2.75, 3.05) is 0 Å². The largest absolute Gasteiger partial charge is 0.450 e. The lowest BCUT2D eigenvalue weighted by molar-refractivity contribution is 0.0925. The molecule has 1 heterocycles. The van der Waals surface area contributed by atoms with Crippen molar-refractivity contribution in [1.82, 2.24) is 5.32 Å². The number of fused-ring (bicyclic) bond motifs is 1. The molecule has 0 aliphatic carbocycles. The number of hydrogen-bond donors (Lipinski definition) is 1. The van der Waals surface area contributed by atoms with Crippen LogP contribution in [0.4, 0.5) is 0 Å². The van der Waals surface area contributed by atoms with Crippen molar-refractivity contribution in [3.8, 4) is 0 Å². The van der Waals surface area contributed by atoms with Gasteiger partial charge in [-0.25, -0.2) is 0 Å². The number of carbonyl (C=O) groups is 1. The fraction of sp³-hybridized carbons (Fsp3) is 0.118. The molecular formula is C17H14BrNO2. The van der Waals surface area contributed by atoms with Gasteiger partial charge in [-0.05, 0) is 40.5 Å². The molecule has 1 N–H and O–H groups in total. The minimum absolute atomic E-state index is 0.210. The Morgan fingerprint density at radius 1 is 1.19 bits per heavy atom. The van der Waals surface area contributed by atoms with Crippen LogP contribution in [0.25, 0.3) is 11.0 Å². The number of rotatable bonds is 3. The lowest BCUT2D eigenvalue weighted by Gasteiger charge is -2.03. The standard InChI is InChI=1S/C17H14BrNO2/c1-11-5-7-12(8-6-11)10-19-17(20)15-9-13-3-2-4-14(18)16(13)21-15/h2-9H,10H2,1H3,(H,19,20). The summed E-state index contributed by atoms with van der Waals surface area (Å²) in [5, 5.41) is 3.77. The van der Waals surface area contributed by atoms with Crippen LogP contribution in [0.5, 0.6) is 0 Å². The van der Waals surface area contributed by atoms with E-state index >= 15 is 0 Å². The molecule has 0 aliphatic rings. The molecule has 0 atom stereocenters. The average molecular weight is 344 g/mol. The van der Waals surface area contributed by atoms with E-state index < -0.39 is 0 Å². The highest BCUT2D eigenvalue weighted by molar-refractivity contribution is 9.10. The van der Waals surface area contributed by atoms with Gasteiger partial charge in [-0.1, -0.05) is 42.0 Å². The Hall–Kier alpha value is -2.07. The molecule has 4 heteroatoms. The zero-order valence-corrected chi connectivity index (χ0v) is 13.1. The Kier molecular flexibility index (Phi) is 3.80. The summed E-state index contributed by atoms with van der Waals surface area (Å²) in [4.78, 5) is 12.1. The molecule has 0 spiro atoms. The Morgan fingerprint density at radius 3 is 2.67 bits per heavy atom. The first kappa shape index (κ1) is 13.9. The van der Waals surface area contributed by atoms with E-state index in [2.05, 4.69) is 21.2 Å². The number of carbonyl (C=O) groups excluding carboxylic acids is 1. The highest BCUT2D eigenvalue weighted by Gasteiger charge is 2.13. The van der Waals surface area contributed by atoms with Crippen LogP contribution in [0.15, 0.2) is 57.4 Å². The van der Waals surface area contributed by atoms with Crippen LogP contribution in [-0.4, -0.2) is 5.91 Å². The number of aryl methyl sites for hydroxylation is 1. The summed E-state index contributed by atoms with van der Waals surface area (Å²) < 4.78 is 6.45. The number of benzene rings is 2. The monoisotopic (exact) mass is 343 g/mol. The van der Waals surface area contributed by atoms with Gasteiger partial charge in [-0.3, -0.25) is 4.79 Å². The average Bonchev–Trinajstić information content (AvgIpc) is 2.92. The van der Waals surface area contributed by atoms with E-state index in [1.54, 1.807) is 6.07 Å². The Bertz CT molecular complexity index is 790. The number of para-hydroxylation sites is 1. The molecule has 0 fully saturated rings. The van der Waals surface area contributed by atoms with Crippen molar-refractivity contribution < 1.29 is 9.21 Å². The predicted molar refractivity (Wildman–Crippen MR) is 86.3 cm³/mol. The number of nitrogens with one attached hydrogen (secondary N) is 1. The summed E-state index contributed by atoms with van der Waals surface area (Å²) >= 11 is 3.42. The van der Waals surface area contributed by atoms with Crippen molar-refractivity contribution in [1.29, 1.82) is 0 Å². The minimum atomic E-state index is -0.210. The molecule has 0 bridgehead atoms. The van der Waals surface area contributed by atoms with E-state index in [0.717, 1.165) is 15.4 Å². The van der Waals surface area contributed by atoms with Crippen molar-refractivity contribution >= 4 is 32.8 Å². The fourth-order valence-electron chi connectivity index (χ4n) is 2.11. The van der Waals surface area contributed by atoms with Crippen molar-refractivity contribution in [2.45, 2.75) is 13.5 Å². The van der Waals surface area contributed by atoms with Crippen LogP contribution in [0.3, 0.4) is 0 Å². The van der Waals surface area contributed by atoms with Gasteiger partial charge < -0.3 is 9.73 Å². The van der Waals surface area contributed by atoms with Gasteiger partial charge in [-0.15, -0.1) is 0 Å². The first-order chi connectivity index (χ1) is 10.1. The lowest BCUT2D eigenvalue weighted by atomic mass is 10.1. The van der Waals surface area contributed by atoms with E-state index in [0.29, 0.717) is 17.9 Å². The topological polar surface area (TPSA) is 42.2 Å². The smallest absolute Gasteiger partial charge is 0.287 e. The van der Waals surface area contributed by atoms with Crippen molar-refractivity contribution in [2.24, 2.45) is 0 Å². The molecule has 106 valence electrons. The first-order valence-electron chi connectivity index (χ1n) is 6.65. The summed E-state index contributed by atoms with van der Waals surface area (Å²) in [5.41, 5.74) is 2.96. The lowest BCUT2D eigenvalue weighted by Crippen LogP contribution is -2.22. The minimum Gasteiger partial charge on any atom is -0.450 e. The molecule has 3 aromatic rings. The van der Waals surface area contributed by atoms with E-state index in [1.807, 2.05) is 49.4 Å². The normalized spacial score (nSPS) is 10.8. The van der Waals surface area contributed by atoms with Gasteiger partial charge in [0.2, 0.25) is 0 Å². The third-order valence-electron chi connectivity index (χ3n) is 3.29. The molecule has 0 radical (unpaired) electrons. The van der Waals surface area contributed by atoms with Gasteiger partial charge in [0.1, 0.15) is 5.58 Å². The molecule has 21 heavy (non-hydrogen) atoms. The Morgan fingerprint density at radius 2 is 1.95 bits per heavy atom. The number of hydrogen-bond acceptors (Lipinski definition) is 2. The van der Waals surface area contributed by atoms with Crippen molar-refractivity contribution in [3.63, 3.8) is 0 Å².